The summed E-state index contributed by atoms with van der Waals surface area (Å²) in [5, 5.41) is 15.8. The predicted octanol–water partition coefficient (Wildman–Crippen LogP) is -1.10. The quantitative estimate of drug-likeness (QED) is 0.608. The Morgan fingerprint density at radius 1 is 1.57 bits per heavy atom. The van der Waals surface area contributed by atoms with E-state index in [2.05, 4.69) is 20.0 Å². The molecule has 2 aromatic rings. The molecule has 0 aliphatic carbocycles. The van der Waals surface area contributed by atoms with Crippen molar-refractivity contribution in [2.75, 3.05) is 0 Å². The van der Waals surface area contributed by atoms with E-state index in [0.717, 1.165) is 4.68 Å². The standard InChI is InChI=1S/C9H11N5O5S2/c1-5-8(20-9(17)11-5)21(18,19)10-2-6-3-14(13-12-6)4-7(15)16/h3,10H,2,4H2,1H3,(H,11,17)(H,15,16). The van der Waals surface area contributed by atoms with Crippen molar-refractivity contribution in [2.45, 2.75) is 24.2 Å². The van der Waals surface area contributed by atoms with Crippen LogP contribution in [0.2, 0.25) is 0 Å². The molecule has 0 saturated heterocycles. The number of aromatic nitrogens is 4. The summed E-state index contributed by atoms with van der Waals surface area (Å²) >= 11 is 0.590. The largest absolute Gasteiger partial charge is 0.480 e. The summed E-state index contributed by atoms with van der Waals surface area (Å²) in [5.74, 6) is -1.08. The van der Waals surface area contributed by atoms with Crippen LogP contribution in [0.4, 0.5) is 0 Å². The van der Waals surface area contributed by atoms with Gasteiger partial charge in [0.1, 0.15) is 6.54 Å². The Morgan fingerprint density at radius 2 is 2.29 bits per heavy atom. The van der Waals surface area contributed by atoms with Gasteiger partial charge in [0.2, 0.25) is 0 Å². The molecule has 0 bridgehead atoms. The molecule has 0 atom stereocenters. The summed E-state index contributed by atoms with van der Waals surface area (Å²) in [6.07, 6.45) is 1.32. The van der Waals surface area contributed by atoms with Crippen LogP contribution in [0, 0.1) is 6.92 Å². The van der Waals surface area contributed by atoms with Crippen LogP contribution in [0.1, 0.15) is 11.4 Å². The lowest BCUT2D eigenvalue weighted by molar-refractivity contribution is -0.137. The van der Waals surface area contributed by atoms with Gasteiger partial charge in [-0.05, 0) is 6.92 Å². The number of hydrogen-bond donors (Lipinski definition) is 3. The average Bonchev–Trinajstić information content (AvgIpc) is 2.93. The Bertz CT molecular complexity index is 818. The summed E-state index contributed by atoms with van der Waals surface area (Å²) in [7, 11) is -3.84. The van der Waals surface area contributed by atoms with Crippen molar-refractivity contribution in [3.63, 3.8) is 0 Å². The van der Waals surface area contributed by atoms with E-state index in [0.29, 0.717) is 11.3 Å². The Balaban J connectivity index is 2.08. The van der Waals surface area contributed by atoms with E-state index in [9.17, 15) is 18.0 Å². The number of aromatic amines is 1. The van der Waals surface area contributed by atoms with Gasteiger partial charge in [0.25, 0.3) is 10.0 Å². The molecule has 12 heteroatoms. The lowest BCUT2D eigenvalue weighted by atomic mass is 10.5. The number of carboxylic acid groups (broad SMARTS) is 1. The van der Waals surface area contributed by atoms with Gasteiger partial charge in [0.05, 0.1) is 18.4 Å². The normalized spacial score (nSPS) is 11.7. The molecule has 0 radical (unpaired) electrons. The smallest absolute Gasteiger partial charge is 0.325 e. The predicted molar refractivity (Wildman–Crippen MR) is 71.4 cm³/mol. The van der Waals surface area contributed by atoms with Crippen LogP contribution in [0.15, 0.2) is 15.2 Å². The summed E-state index contributed by atoms with van der Waals surface area (Å²) in [5.41, 5.74) is 0.521. The number of nitrogens with one attached hydrogen (secondary N) is 2. The molecule has 0 aromatic carbocycles. The molecule has 3 N–H and O–H groups in total. The van der Waals surface area contributed by atoms with Crippen LogP contribution in [-0.2, 0) is 27.9 Å². The van der Waals surface area contributed by atoms with Crippen LogP contribution in [0.3, 0.4) is 0 Å². The van der Waals surface area contributed by atoms with Gasteiger partial charge < -0.3 is 10.1 Å². The molecule has 2 aromatic heterocycles. The molecule has 21 heavy (non-hydrogen) atoms. The van der Waals surface area contributed by atoms with Gasteiger partial charge in [0.15, 0.2) is 4.21 Å². The van der Waals surface area contributed by atoms with Crippen LogP contribution >= 0.6 is 11.3 Å². The van der Waals surface area contributed by atoms with Crippen molar-refractivity contribution in [1.82, 2.24) is 24.7 Å². The van der Waals surface area contributed by atoms with Gasteiger partial charge in [0, 0.05) is 5.69 Å². The molecule has 114 valence electrons. The first-order valence-corrected chi connectivity index (χ1v) is 7.88. The van der Waals surface area contributed by atoms with Crippen molar-refractivity contribution >= 4 is 27.3 Å². The van der Waals surface area contributed by atoms with Gasteiger partial charge in [-0.3, -0.25) is 9.59 Å². The van der Waals surface area contributed by atoms with Gasteiger partial charge in [-0.2, -0.15) is 0 Å². The second-order valence-electron chi connectivity index (χ2n) is 4.05. The topological polar surface area (TPSA) is 147 Å². The molecule has 0 fully saturated rings. The minimum Gasteiger partial charge on any atom is -0.480 e. The number of aryl methyl sites for hydroxylation is 1. The van der Waals surface area contributed by atoms with Crippen LogP contribution in [0.5, 0.6) is 0 Å². The highest BCUT2D eigenvalue weighted by Crippen LogP contribution is 2.15. The first-order valence-electron chi connectivity index (χ1n) is 5.58. The van der Waals surface area contributed by atoms with Crippen molar-refractivity contribution in [1.29, 1.82) is 0 Å². The summed E-state index contributed by atoms with van der Waals surface area (Å²) in [6.45, 7) is 0.960. The maximum absolute atomic E-state index is 12.0. The third kappa shape index (κ3) is 3.74. The highest BCUT2D eigenvalue weighted by molar-refractivity contribution is 7.91. The van der Waals surface area contributed by atoms with E-state index >= 15 is 0 Å². The third-order valence-electron chi connectivity index (χ3n) is 2.35. The molecule has 0 saturated carbocycles. The third-order valence-corrected chi connectivity index (χ3v) is 5.36. The number of hydrogen-bond acceptors (Lipinski definition) is 7. The highest BCUT2D eigenvalue weighted by atomic mass is 32.2. The molecule has 0 aliphatic rings. The summed E-state index contributed by atoms with van der Waals surface area (Å²) < 4.78 is 27.3. The first-order chi connectivity index (χ1) is 9.78. The van der Waals surface area contributed by atoms with Gasteiger partial charge in [-0.1, -0.05) is 16.6 Å². The molecule has 0 amide bonds. The number of sulfonamides is 1. The fraction of sp³-hybridized carbons (Fsp3) is 0.333. The van der Waals surface area contributed by atoms with Gasteiger partial charge in [-0.25, -0.2) is 17.8 Å². The molecular weight excluding hydrogens is 322 g/mol. The monoisotopic (exact) mass is 333 g/mol. The number of carboxylic acids is 1. The molecule has 0 aliphatic heterocycles. The zero-order chi connectivity index (χ0) is 15.6. The van der Waals surface area contributed by atoms with Crippen molar-refractivity contribution in [2.24, 2.45) is 0 Å². The number of H-pyrrole nitrogens is 1. The van der Waals surface area contributed by atoms with Crippen molar-refractivity contribution < 1.29 is 18.3 Å². The van der Waals surface area contributed by atoms with Crippen molar-refractivity contribution in [3.05, 3.63) is 27.3 Å². The molecular formula is C9H11N5O5S2. The SMILES string of the molecule is Cc1[nH]c(=O)sc1S(=O)(=O)NCc1cn(CC(=O)O)nn1. The number of carbonyl (C=O) groups is 1. The lowest BCUT2D eigenvalue weighted by Gasteiger charge is -2.02. The Hall–Kier alpha value is -2.05. The minimum absolute atomic E-state index is 0.0922. The van der Waals surface area contributed by atoms with E-state index in [4.69, 9.17) is 5.11 Å². The van der Waals surface area contributed by atoms with E-state index in [1.807, 2.05) is 0 Å². The van der Waals surface area contributed by atoms with Crippen LogP contribution < -0.4 is 9.60 Å². The van der Waals surface area contributed by atoms with Crippen LogP contribution in [0.25, 0.3) is 0 Å². The molecule has 0 spiro atoms. The zero-order valence-corrected chi connectivity index (χ0v) is 12.4. The fourth-order valence-corrected chi connectivity index (χ4v) is 3.86. The number of aliphatic carboxylic acids is 1. The Labute approximate surface area is 122 Å². The van der Waals surface area contributed by atoms with Crippen LogP contribution in [-0.4, -0.2) is 39.5 Å². The number of nitrogens with zero attached hydrogens (tertiary/aromatic N) is 3. The second-order valence-corrected chi connectivity index (χ2v) is 7.00. The van der Waals surface area contributed by atoms with E-state index in [-0.39, 0.29) is 28.7 Å². The Kier molecular flexibility index (Phi) is 4.20. The maximum atomic E-state index is 12.0. The van der Waals surface area contributed by atoms with E-state index in [1.54, 1.807) is 0 Å². The van der Waals surface area contributed by atoms with E-state index in [1.165, 1.54) is 13.1 Å². The van der Waals surface area contributed by atoms with Gasteiger partial charge in [-0.15, -0.1) is 5.10 Å². The van der Waals surface area contributed by atoms with Gasteiger partial charge >= 0.3 is 10.8 Å². The average molecular weight is 333 g/mol. The fourth-order valence-electron chi connectivity index (χ4n) is 1.52. The number of thiazole rings is 1. The lowest BCUT2D eigenvalue weighted by Crippen LogP contribution is -2.23. The Morgan fingerprint density at radius 3 is 2.86 bits per heavy atom. The maximum Gasteiger partial charge on any atom is 0.325 e. The summed E-state index contributed by atoms with van der Waals surface area (Å²) in [4.78, 5) is 23.5. The number of rotatable bonds is 6. The minimum atomic E-state index is -3.84. The zero-order valence-electron chi connectivity index (χ0n) is 10.7. The van der Waals surface area contributed by atoms with E-state index < -0.39 is 20.9 Å². The van der Waals surface area contributed by atoms with Crippen molar-refractivity contribution in [3.8, 4) is 0 Å². The molecule has 0 unspecified atom stereocenters. The molecule has 10 nitrogen and oxygen atoms in total. The molecule has 2 rings (SSSR count). The summed E-state index contributed by atoms with van der Waals surface area (Å²) in [6, 6.07) is 0. The molecule has 2 heterocycles. The highest BCUT2D eigenvalue weighted by Gasteiger charge is 2.20. The first kappa shape index (κ1) is 15.3. The second kappa shape index (κ2) is 5.75.